The molecule has 1 unspecified atom stereocenters. The van der Waals surface area contributed by atoms with Crippen molar-refractivity contribution in [3.63, 3.8) is 0 Å². The number of amides is 2. The number of hydrogen-bond acceptors (Lipinski definition) is 6. The molecule has 1 aliphatic carbocycles. The number of fused-ring (bicyclic) bond motifs is 1. The van der Waals surface area contributed by atoms with Crippen molar-refractivity contribution < 1.29 is 9.59 Å². The molecule has 1 aromatic carbocycles. The van der Waals surface area contributed by atoms with E-state index >= 15 is 0 Å². The van der Waals surface area contributed by atoms with Gasteiger partial charge in [-0.1, -0.05) is 12.1 Å². The molecule has 2 amide bonds. The second-order valence-corrected chi connectivity index (χ2v) is 7.02. The summed E-state index contributed by atoms with van der Waals surface area (Å²) in [5, 5.41) is 0. The maximum atomic E-state index is 13.3. The lowest BCUT2D eigenvalue weighted by atomic mass is 10.1. The van der Waals surface area contributed by atoms with Gasteiger partial charge in [0.15, 0.2) is 11.5 Å². The Hall–Kier alpha value is -3.49. The normalized spacial score (nSPS) is 14.8. The minimum atomic E-state index is -0.501. The Morgan fingerprint density at radius 2 is 2.07 bits per heavy atom. The molecular weight excluding hydrogens is 358 g/mol. The van der Waals surface area contributed by atoms with Gasteiger partial charge in [0.25, 0.3) is 0 Å². The highest BCUT2D eigenvalue weighted by atomic mass is 16.2. The van der Waals surface area contributed by atoms with E-state index < -0.39 is 11.9 Å². The minimum Gasteiger partial charge on any atom is -0.382 e. The van der Waals surface area contributed by atoms with E-state index in [0.717, 1.165) is 18.4 Å². The molecule has 1 saturated carbocycles. The van der Waals surface area contributed by atoms with E-state index in [2.05, 4.69) is 15.0 Å². The molecule has 1 fully saturated rings. The van der Waals surface area contributed by atoms with Crippen molar-refractivity contribution >= 4 is 28.8 Å². The second kappa shape index (κ2) is 6.91. The van der Waals surface area contributed by atoms with Crippen LogP contribution in [0.25, 0.3) is 11.2 Å². The first-order valence-corrected chi connectivity index (χ1v) is 9.08. The lowest BCUT2D eigenvalue weighted by molar-refractivity contribution is -0.135. The van der Waals surface area contributed by atoms with Crippen molar-refractivity contribution in [3.8, 4) is 0 Å². The fourth-order valence-corrected chi connectivity index (χ4v) is 3.31. The van der Waals surface area contributed by atoms with Gasteiger partial charge in [0.2, 0.25) is 11.8 Å². The van der Waals surface area contributed by atoms with Crippen LogP contribution >= 0.6 is 0 Å². The van der Waals surface area contributed by atoms with Gasteiger partial charge in [-0.15, -0.1) is 0 Å². The molecule has 4 rings (SSSR count). The summed E-state index contributed by atoms with van der Waals surface area (Å²) < 4.78 is 1.71. The van der Waals surface area contributed by atoms with Crippen LogP contribution in [-0.2, 0) is 11.3 Å². The third-order valence-electron chi connectivity index (χ3n) is 5.00. The Morgan fingerprint density at radius 1 is 1.29 bits per heavy atom. The molecule has 2 heterocycles. The summed E-state index contributed by atoms with van der Waals surface area (Å²) >= 11 is 0. The van der Waals surface area contributed by atoms with Crippen LogP contribution in [0.3, 0.4) is 0 Å². The summed E-state index contributed by atoms with van der Waals surface area (Å²) in [4.78, 5) is 39.0. The van der Waals surface area contributed by atoms with Crippen molar-refractivity contribution in [3.05, 3.63) is 48.0 Å². The lowest BCUT2D eigenvalue weighted by Gasteiger charge is -2.26. The number of imidazole rings is 1. The van der Waals surface area contributed by atoms with E-state index in [-0.39, 0.29) is 17.8 Å². The monoisotopic (exact) mass is 379 g/mol. The summed E-state index contributed by atoms with van der Waals surface area (Å²) in [6.07, 6.45) is 4.86. The lowest BCUT2D eigenvalue weighted by Crippen LogP contribution is -2.37. The van der Waals surface area contributed by atoms with Crippen molar-refractivity contribution in [2.45, 2.75) is 38.4 Å². The summed E-state index contributed by atoms with van der Waals surface area (Å²) in [6.45, 7) is 2.23. The van der Waals surface area contributed by atoms with Crippen LogP contribution in [0.2, 0.25) is 0 Å². The molecule has 9 heteroatoms. The summed E-state index contributed by atoms with van der Waals surface area (Å²) in [7, 11) is 0. The van der Waals surface area contributed by atoms with Crippen LogP contribution in [0, 0.1) is 0 Å². The molecule has 1 atom stereocenters. The highest BCUT2D eigenvalue weighted by Gasteiger charge is 2.35. The highest BCUT2D eigenvalue weighted by molar-refractivity contribution is 5.93. The number of nitrogens with two attached hydrogens (primary N) is 2. The highest BCUT2D eigenvalue weighted by Crippen LogP contribution is 2.31. The molecule has 0 aliphatic heterocycles. The maximum Gasteiger partial charge on any atom is 0.248 e. The first-order valence-electron chi connectivity index (χ1n) is 9.08. The van der Waals surface area contributed by atoms with Crippen LogP contribution in [0.5, 0.6) is 0 Å². The smallest absolute Gasteiger partial charge is 0.248 e. The number of benzene rings is 1. The van der Waals surface area contributed by atoms with Crippen LogP contribution in [0.4, 0.5) is 5.82 Å². The van der Waals surface area contributed by atoms with Gasteiger partial charge in [0.1, 0.15) is 17.9 Å². The molecule has 3 aromatic rings. The quantitative estimate of drug-likeness (QED) is 0.662. The fraction of sp³-hybridized carbons (Fsp3) is 0.316. The standard InChI is InChI=1S/C19H21N7O2/c1-11(26-10-24-15-16(20)22-9-23-18(15)26)19(28)25(14-5-6-14)8-12-3-2-4-13(7-12)17(21)27/h2-4,7,9-11,14H,5-6,8H2,1H3,(H2,21,27)(H2,20,22,23). The number of aromatic nitrogens is 4. The summed E-state index contributed by atoms with van der Waals surface area (Å²) in [6, 6.07) is 6.76. The molecule has 0 saturated heterocycles. The van der Waals surface area contributed by atoms with E-state index in [9.17, 15) is 9.59 Å². The van der Waals surface area contributed by atoms with Crippen molar-refractivity contribution in [2.75, 3.05) is 5.73 Å². The first-order chi connectivity index (χ1) is 13.5. The van der Waals surface area contributed by atoms with Crippen LogP contribution in [-0.4, -0.2) is 42.3 Å². The molecular formula is C19H21N7O2. The zero-order valence-corrected chi connectivity index (χ0v) is 15.4. The SMILES string of the molecule is CC(C(=O)N(Cc1cccc(C(N)=O)c1)C1CC1)n1cnc2c(N)ncnc21. The molecule has 4 N–H and O–H groups in total. The average Bonchev–Trinajstić information content (AvgIpc) is 3.44. The van der Waals surface area contributed by atoms with Crippen molar-refractivity contribution in [1.29, 1.82) is 0 Å². The van der Waals surface area contributed by atoms with Crippen molar-refractivity contribution in [1.82, 2.24) is 24.4 Å². The number of carbonyl (C=O) groups is 2. The van der Waals surface area contributed by atoms with Crippen molar-refractivity contribution in [2.24, 2.45) is 5.73 Å². The van der Waals surface area contributed by atoms with E-state index in [1.165, 1.54) is 6.33 Å². The molecule has 9 nitrogen and oxygen atoms in total. The minimum absolute atomic E-state index is 0.0385. The predicted molar refractivity (Wildman–Crippen MR) is 103 cm³/mol. The Balaban J connectivity index is 1.61. The molecule has 0 spiro atoms. The topological polar surface area (TPSA) is 133 Å². The third-order valence-corrected chi connectivity index (χ3v) is 5.00. The number of nitrogens with zero attached hydrogens (tertiary/aromatic N) is 5. The van der Waals surface area contributed by atoms with E-state index in [4.69, 9.17) is 11.5 Å². The van der Waals surface area contributed by atoms with Gasteiger partial charge in [0, 0.05) is 18.2 Å². The van der Waals surface area contributed by atoms with Gasteiger partial charge in [-0.3, -0.25) is 9.59 Å². The second-order valence-electron chi connectivity index (χ2n) is 7.02. The summed E-state index contributed by atoms with van der Waals surface area (Å²) in [5.41, 5.74) is 13.5. The first kappa shape index (κ1) is 17.9. The van der Waals surface area contributed by atoms with Crippen LogP contribution in [0.15, 0.2) is 36.9 Å². The molecule has 28 heavy (non-hydrogen) atoms. The van der Waals surface area contributed by atoms with Gasteiger partial charge < -0.3 is 20.9 Å². The van der Waals surface area contributed by atoms with Gasteiger partial charge in [0.05, 0.1) is 6.33 Å². The number of primary amides is 1. The van der Waals surface area contributed by atoms with Gasteiger partial charge >= 0.3 is 0 Å². The molecule has 0 bridgehead atoms. The molecule has 1 aliphatic rings. The van der Waals surface area contributed by atoms with E-state index in [0.29, 0.717) is 23.3 Å². The van der Waals surface area contributed by atoms with E-state index in [1.807, 2.05) is 17.9 Å². The zero-order chi connectivity index (χ0) is 19.8. The van der Waals surface area contributed by atoms with Gasteiger partial charge in [-0.05, 0) is 37.5 Å². The molecule has 2 aromatic heterocycles. The van der Waals surface area contributed by atoms with Crippen LogP contribution < -0.4 is 11.5 Å². The largest absolute Gasteiger partial charge is 0.382 e. The summed E-state index contributed by atoms with van der Waals surface area (Å²) in [5.74, 6) is -0.240. The number of anilines is 1. The molecule has 144 valence electrons. The fourth-order valence-electron chi connectivity index (χ4n) is 3.31. The van der Waals surface area contributed by atoms with Gasteiger partial charge in [-0.25, -0.2) is 15.0 Å². The Labute approximate surface area is 161 Å². The molecule has 0 radical (unpaired) electrons. The third kappa shape index (κ3) is 3.26. The Kier molecular flexibility index (Phi) is 4.42. The van der Waals surface area contributed by atoms with E-state index in [1.54, 1.807) is 29.1 Å². The average molecular weight is 379 g/mol. The number of hydrogen-bond donors (Lipinski definition) is 2. The predicted octanol–water partition coefficient (Wildman–Crippen LogP) is 1.26. The number of nitrogen functional groups attached to an aromatic ring is 1. The van der Waals surface area contributed by atoms with Crippen LogP contribution in [0.1, 0.15) is 41.7 Å². The Morgan fingerprint density at radius 3 is 2.79 bits per heavy atom. The zero-order valence-electron chi connectivity index (χ0n) is 15.4. The number of carbonyl (C=O) groups excluding carboxylic acids is 2. The van der Waals surface area contributed by atoms with Gasteiger partial charge in [-0.2, -0.15) is 0 Å². The Bertz CT molecular complexity index is 1060. The maximum absolute atomic E-state index is 13.3. The number of rotatable bonds is 6.